The number of amides is 2. The number of para-hydroxylation sites is 1. The molecule has 4 rings (SSSR count). The molecule has 0 saturated carbocycles. The van der Waals surface area contributed by atoms with Crippen molar-refractivity contribution in [1.29, 1.82) is 0 Å². The van der Waals surface area contributed by atoms with Gasteiger partial charge in [-0.05, 0) is 31.5 Å². The van der Waals surface area contributed by atoms with Gasteiger partial charge in [0.2, 0.25) is 0 Å². The molecule has 0 aliphatic rings. The first-order valence-electron chi connectivity index (χ1n) is 11.5. The maximum Gasteiger partial charge on any atom is 0.322 e. The van der Waals surface area contributed by atoms with Gasteiger partial charge in [0, 0.05) is 48.2 Å². The molecule has 0 spiro atoms. The van der Waals surface area contributed by atoms with E-state index >= 15 is 0 Å². The molecule has 2 heterocycles. The highest BCUT2D eigenvalue weighted by atomic mass is 32.1. The minimum Gasteiger partial charge on any atom is -0.494 e. The normalized spacial score (nSPS) is 10.7. The zero-order valence-corrected chi connectivity index (χ0v) is 20.5. The molecule has 182 valence electrons. The summed E-state index contributed by atoms with van der Waals surface area (Å²) in [4.78, 5) is 23.5. The Kier molecular flexibility index (Phi) is 8.72. The van der Waals surface area contributed by atoms with Gasteiger partial charge in [-0.2, -0.15) is 0 Å². The van der Waals surface area contributed by atoms with Crippen molar-refractivity contribution in [2.45, 2.75) is 33.0 Å². The highest BCUT2D eigenvalue weighted by molar-refractivity contribution is 7.07. The van der Waals surface area contributed by atoms with Gasteiger partial charge in [0.15, 0.2) is 0 Å². The fourth-order valence-corrected chi connectivity index (χ4v) is 4.13. The van der Waals surface area contributed by atoms with Crippen molar-refractivity contribution in [3.63, 3.8) is 0 Å². The maximum atomic E-state index is 13.3. The summed E-state index contributed by atoms with van der Waals surface area (Å²) in [5.74, 6) is 1.46. The number of hydrogen-bond donors (Lipinski definition) is 1. The predicted octanol–water partition coefficient (Wildman–Crippen LogP) is 5.44. The highest BCUT2D eigenvalue weighted by Gasteiger charge is 2.17. The van der Waals surface area contributed by atoms with Crippen LogP contribution in [0.1, 0.15) is 24.6 Å². The van der Waals surface area contributed by atoms with E-state index in [0.717, 1.165) is 30.0 Å². The minimum absolute atomic E-state index is 0.182. The van der Waals surface area contributed by atoms with E-state index in [1.54, 1.807) is 22.9 Å². The average Bonchev–Trinajstić information content (AvgIpc) is 3.58. The van der Waals surface area contributed by atoms with Crippen LogP contribution in [-0.4, -0.2) is 38.6 Å². The second-order valence-electron chi connectivity index (χ2n) is 7.84. The van der Waals surface area contributed by atoms with Gasteiger partial charge in [0.1, 0.15) is 18.1 Å². The monoisotopic (exact) mass is 491 g/mol. The van der Waals surface area contributed by atoms with Crippen molar-refractivity contribution in [2.24, 2.45) is 0 Å². The number of carbonyl (C=O) groups excluding carboxylic acids is 1. The SMILES string of the molecule is CCOc1ccccc1CN(CCCn1ccnc1)C(=O)Nc1cccc(OCc2cscn2)c1. The number of anilines is 1. The third kappa shape index (κ3) is 7.31. The molecular formula is C26H29N5O3S. The number of nitrogens with zero attached hydrogens (tertiary/aromatic N) is 4. The number of carbonyl (C=O) groups is 1. The van der Waals surface area contributed by atoms with E-state index in [9.17, 15) is 4.79 Å². The Hall–Kier alpha value is -3.85. The lowest BCUT2D eigenvalue weighted by Crippen LogP contribution is -2.35. The van der Waals surface area contributed by atoms with E-state index in [1.165, 1.54) is 11.3 Å². The molecule has 0 aliphatic heterocycles. The number of imidazole rings is 1. The number of hydrogen-bond acceptors (Lipinski definition) is 6. The second-order valence-corrected chi connectivity index (χ2v) is 8.56. The lowest BCUT2D eigenvalue weighted by Gasteiger charge is -2.24. The smallest absolute Gasteiger partial charge is 0.322 e. The molecule has 0 fully saturated rings. The number of thiazole rings is 1. The Morgan fingerprint density at radius 1 is 1.17 bits per heavy atom. The van der Waals surface area contributed by atoms with Crippen LogP contribution in [0.15, 0.2) is 78.1 Å². The number of urea groups is 1. The van der Waals surface area contributed by atoms with E-state index in [4.69, 9.17) is 9.47 Å². The van der Waals surface area contributed by atoms with Crippen molar-refractivity contribution in [2.75, 3.05) is 18.5 Å². The molecule has 35 heavy (non-hydrogen) atoms. The van der Waals surface area contributed by atoms with Gasteiger partial charge in [-0.3, -0.25) is 0 Å². The molecule has 0 atom stereocenters. The summed E-state index contributed by atoms with van der Waals surface area (Å²) in [6.07, 6.45) is 6.25. The third-order valence-corrected chi connectivity index (χ3v) is 5.92. The lowest BCUT2D eigenvalue weighted by atomic mass is 10.2. The molecule has 2 aromatic heterocycles. The molecule has 0 aliphatic carbocycles. The van der Waals surface area contributed by atoms with Crippen molar-refractivity contribution >= 4 is 23.1 Å². The summed E-state index contributed by atoms with van der Waals surface area (Å²) in [6, 6.07) is 15.0. The second kappa shape index (κ2) is 12.6. The first kappa shape index (κ1) is 24.3. The molecule has 2 aromatic carbocycles. The number of benzene rings is 2. The summed E-state index contributed by atoms with van der Waals surface area (Å²) < 4.78 is 13.6. The van der Waals surface area contributed by atoms with Gasteiger partial charge in [0.25, 0.3) is 0 Å². The largest absolute Gasteiger partial charge is 0.494 e. The zero-order valence-electron chi connectivity index (χ0n) is 19.7. The van der Waals surface area contributed by atoms with Gasteiger partial charge < -0.3 is 24.3 Å². The summed E-state index contributed by atoms with van der Waals surface area (Å²) in [5.41, 5.74) is 4.29. The Morgan fingerprint density at radius 3 is 2.89 bits per heavy atom. The quantitative estimate of drug-likeness (QED) is 0.285. The van der Waals surface area contributed by atoms with Crippen LogP contribution in [0.25, 0.3) is 0 Å². The molecule has 4 aromatic rings. The fourth-order valence-electron chi connectivity index (χ4n) is 3.58. The molecule has 0 radical (unpaired) electrons. The van der Waals surface area contributed by atoms with Crippen molar-refractivity contribution in [3.8, 4) is 11.5 Å². The maximum absolute atomic E-state index is 13.3. The van der Waals surface area contributed by atoms with Crippen molar-refractivity contribution in [3.05, 3.63) is 89.4 Å². The summed E-state index contributed by atoms with van der Waals surface area (Å²) in [7, 11) is 0. The predicted molar refractivity (Wildman–Crippen MR) is 137 cm³/mol. The van der Waals surface area contributed by atoms with Crippen LogP contribution in [0.5, 0.6) is 11.5 Å². The number of aryl methyl sites for hydroxylation is 1. The highest BCUT2D eigenvalue weighted by Crippen LogP contribution is 2.22. The number of aromatic nitrogens is 3. The minimum atomic E-state index is -0.182. The van der Waals surface area contributed by atoms with Gasteiger partial charge in [-0.15, -0.1) is 11.3 Å². The van der Waals surface area contributed by atoms with Crippen LogP contribution in [0.3, 0.4) is 0 Å². The van der Waals surface area contributed by atoms with E-state index in [1.807, 2.05) is 71.6 Å². The molecule has 9 heteroatoms. The van der Waals surface area contributed by atoms with Crippen LogP contribution in [-0.2, 0) is 19.7 Å². The molecule has 8 nitrogen and oxygen atoms in total. The number of rotatable bonds is 12. The first-order valence-corrected chi connectivity index (χ1v) is 12.5. The van der Waals surface area contributed by atoms with Gasteiger partial charge >= 0.3 is 6.03 Å². The molecule has 0 saturated heterocycles. The molecule has 0 unspecified atom stereocenters. The average molecular weight is 492 g/mol. The molecule has 0 bridgehead atoms. The Balaban J connectivity index is 1.43. The third-order valence-electron chi connectivity index (χ3n) is 5.28. The van der Waals surface area contributed by atoms with E-state index in [2.05, 4.69) is 15.3 Å². The van der Waals surface area contributed by atoms with Crippen LogP contribution in [0.2, 0.25) is 0 Å². The lowest BCUT2D eigenvalue weighted by molar-refractivity contribution is 0.206. The topological polar surface area (TPSA) is 81.5 Å². The van der Waals surface area contributed by atoms with Crippen LogP contribution < -0.4 is 14.8 Å². The molecule has 1 N–H and O–H groups in total. The fraction of sp³-hybridized carbons (Fsp3) is 0.269. The van der Waals surface area contributed by atoms with Gasteiger partial charge in [-0.25, -0.2) is 14.8 Å². The number of ether oxygens (including phenoxy) is 2. The Bertz CT molecular complexity index is 1180. The summed E-state index contributed by atoms with van der Waals surface area (Å²) in [6.45, 7) is 4.69. The summed E-state index contributed by atoms with van der Waals surface area (Å²) >= 11 is 1.53. The first-order chi connectivity index (χ1) is 17.2. The standard InChI is InChI=1S/C26H29N5O3S/c1-2-33-25-10-4-3-7-21(25)16-31(13-6-12-30-14-11-27-19-30)26(32)29-22-8-5-9-24(15-22)34-17-23-18-35-20-28-23/h3-5,7-11,14-15,18-20H,2,6,12-13,16-17H2,1H3,(H,29,32). The zero-order chi connectivity index (χ0) is 24.3. The van der Waals surface area contributed by atoms with Crippen molar-refractivity contribution in [1.82, 2.24) is 19.4 Å². The van der Waals surface area contributed by atoms with Crippen LogP contribution in [0.4, 0.5) is 10.5 Å². The van der Waals surface area contributed by atoms with Crippen molar-refractivity contribution < 1.29 is 14.3 Å². The van der Waals surface area contributed by atoms with Crippen LogP contribution >= 0.6 is 11.3 Å². The Labute approximate surface area is 209 Å². The van der Waals surface area contributed by atoms with Gasteiger partial charge in [0.05, 0.1) is 30.7 Å². The molecular weight excluding hydrogens is 462 g/mol. The Morgan fingerprint density at radius 2 is 2.09 bits per heavy atom. The van der Waals surface area contributed by atoms with E-state index in [-0.39, 0.29) is 6.03 Å². The van der Waals surface area contributed by atoms with Crippen LogP contribution in [0, 0.1) is 0 Å². The number of nitrogens with one attached hydrogen (secondary N) is 1. The molecule has 2 amide bonds. The van der Waals surface area contributed by atoms with E-state index in [0.29, 0.717) is 37.7 Å². The summed E-state index contributed by atoms with van der Waals surface area (Å²) in [5, 5.41) is 4.98. The van der Waals surface area contributed by atoms with Gasteiger partial charge in [-0.1, -0.05) is 24.3 Å². The van der Waals surface area contributed by atoms with E-state index < -0.39 is 0 Å².